The Bertz CT molecular complexity index is 744. The molecule has 0 aromatic heterocycles. The molecule has 2 fully saturated rings. The lowest BCUT2D eigenvalue weighted by atomic mass is 9.96. The lowest BCUT2D eigenvalue weighted by Gasteiger charge is -2.47. The molecule has 1 aromatic rings. The van der Waals surface area contributed by atoms with Gasteiger partial charge in [0.2, 0.25) is 12.2 Å². The minimum atomic E-state index is -2.10. The Morgan fingerprint density at radius 1 is 1.29 bits per heavy atom. The Balaban J connectivity index is 1.82. The third-order valence-electron chi connectivity index (χ3n) is 4.33. The first-order valence-electron chi connectivity index (χ1n) is 8.22. The van der Waals surface area contributed by atoms with E-state index in [1.165, 1.54) is 7.11 Å². The van der Waals surface area contributed by atoms with Crippen LogP contribution in [0.2, 0.25) is 0 Å². The molecular weight excluding hydrogens is 435 g/mol. The minimum Gasteiger partial charge on any atom is -0.448 e. The Kier molecular flexibility index (Phi) is 6.90. The highest BCUT2D eigenvalue weighted by Gasteiger charge is 2.52. The van der Waals surface area contributed by atoms with Crippen molar-refractivity contribution in [3.8, 4) is 0 Å². The molecule has 6 atom stereocenters. The highest BCUT2D eigenvalue weighted by atomic mass is 35.6. The Morgan fingerprint density at radius 3 is 2.61 bits per heavy atom. The van der Waals surface area contributed by atoms with Gasteiger partial charge >= 0.3 is 0 Å². The SMILES string of the molecule is CO[C@@H]1[C@@H](N=[N+]=[N-])[C@H](OC(=N)C(Cl)(Cl)Cl)O[C@@H]2COC(c3ccccc3)O[C@H]12. The average Bonchev–Trinajstić information content (AvgIpc) is 2.68. The van der Waals surface area contributed by atoms with Crippen molar-refractivity contribution in [3.63, 3.8) is 0 Å². The summed E-state index contributed by atoms with van der Waals surface area (Å²) in [6.45, 7) is 0.161. The molecule has 2 heterocycles. The molecular formula is C16H17Cl3N4O5. The molecule has 2 saturated heterocycles. The third kappa shape index (κ3) is 4.64. The summed E-state index contributed by atoms with van der Waals surface area (Å²) >= 11 is 17.0. The number of methoxy groups -OCH3 is 1. The van der Waals surface area contributed by atoms with E-state index in [4.69, 9.17) is 69.4 Å². The first kappa shape index (κ1) is 21.4. The van der Waals surface area contributed by atoms with E-state index < -0.39 is 46.6 Å². The second kappa shape index (κ2) is 9.02. The summed E-state index contributed by atoms with van der Waals surface area (Å²) < 4.78 is 26.3. The number of rotatable bonds is 4. The highest BCUT2D eigenvalue weighted by molar-refractivity contribution is 6.76. The van der Waals surface area contributed by atoms with Crippen molar-refractivity contribution in [2.24, 2.45) is 5.11 Å². The normalized spacial score (nSPS) is 32.7. The smallest absolute Gasteiger partial charge is 0.265 e. The van der Waals surface area contributed by atoms with Gasteiger partial charge in [-0.15, -0.1) is 0 Å². The van der Waals surface area contributed by atoms with Gasteiger partial charge in [-0.05, 0) is 5.53 Å². The van der Waals surface area contributed by atoms with E-state index in [-0.39, 0.29) is 6.61 Å². The molecule has 2 aliphatic heterocycles. The minimum absolute atomic E-state index is 0.161. The van der Waals surface area contributed by atoms with E-state index in [1.807, 2.05) is 30.3 Å². The van der Waals surface area contributed by atoms with E-state index in [1.54, 1.807) is 0 Å². The predicted molar refractivity (Wildman–Crippen MR) is 102 cm³/mol. The quantitative estimate of drug-likeness (QED) is 0.186. The summed E-state index contributed by atoms with van der Waals surface area (Å²) in [7, 11) is 1.45. The third-order valence-corrected chi connectivity index (χ3v) is 4.84. The summed E-state index contributed by atoms with van der Waals surface area (Å²) in [6.07, 6.45) is -3.81. The molecule has 0 amide bonds. The average molecular weight is 452 g/mol. The van der Waals surface area contributed by atoms with E-state index in [0.29, 0.717) is 0 Å². The molecule has 1 aromatic carbocycles. The molecule has 0 aliphatic carbocycles. The zero-order valence-corrected chi connectivity index (χ0v) is 16.8. The van der Waals surface area contributed by atoms with Crippen LogP contribution in [0.4, 0.5) is 0 Å². The van der Waals surface area contributed by atoms with Gasteiger partial charge in [0.15, 0.2) is 6.29 Å². The summed E-state index contributed by atoms with van der Waals surface area (Å²) in [5.41, 5.74) is 9.79. The topological polar surface area (TPSA) is 119 Å². The van der Waals surface area contributed by atoms with Gasteiger partial charge in [-0.1, -0.05) is 70.2 Å². The van der Waals surface area contributed by atoms with Crippen LogP contribution >= 0.6 is 34.8 Å². The summed E-state index contributed by atoms with van der Waals surface area (Å²) in [5.74, 6) is -0.672. The van der Waals surface area contributed by atoms with Gasteiger partial charge in [0, 0.05) is 17.6 Å². The lowest BCUT2D eigenvalue weighted by Crippen LogP contribution is -2.62. The molecule has 1 N–H and O–H groups in total. The number of ether oxygens (including phenoxy) is 5. The predicted octanol–water partition coefficient (Wildman–Crippen LogP) is 3.88. The van der Waals surface area contributed by atoms with Crippen molar-refractivity contribution < 1.29 is 23.7 Å². The van der Waals surface area contributed by atoms with E-state index in [2.05, 4.69) is 10.0 Å². The van der Waals surface area contributed by atoms with Crippen LogP contribution in [-0.2, 0) is 23.7 Å². The zero-order valence-electron chi connectivity index (χ0n) is 14.6. The number of hydrogen-bond acceptors (Lipinski definition) is 7. The van der Waals surface area contributed by atoms with Crippen LogP contribution in [0.5, 0.6) is 0 Å². The molecule has 0 bridgehead atoms. The monoisotopic (exact) mass is 450 g/mol. The number of hydrogen-bond donors (Lipinski definition) is 1. The molecule has 152 valence electrons. The van der Waals surface area contributed by atoms with Gasteiger partial charge in [-0.2, -0.15) is 0 Å². The molecule has 12 heteroatoms. The fraction of sp³-hybridized carbons (Fsp3) is 0.562. The van der Waals surface area contributed by atoms with Crippen molar-refractivity contribution in [1.82, 2.24) is 0 Å². The number of nitrogens with one attached hydrogen (secondary N) is 1. The van der Waals surface area contributed by atoms with Gasteiger partial charge in [0.1, 0.15) is 24.4 Å². The molecule has 1 unspecified atom stereocenters. The van der Waals surface area contributed by atoms with Crippen LogP contribution < -0.4 is 0 Å². The maximum Gasteiger partial charge on any atom is 0.265 e. The highest BCUT2D eigenvalue weighted by Crippen LogP contribution is 2.37. The Labute approximate surface area is 175 Å². The van der Waals surface area contributed by atoms with Crippen LogP contribution in [0.1, 0.15) is 11.9 Å². The van der Waals surface area contributed by atoms with Crippen molar-refractivity contribution in [2.45, 2.75) is 40.7 Å². The van der Waals surface area contributed by atoms with Crippen molar-refractivity contribution in [2.75, 3.05) is 13.7 Å². The maximum atomic E-state index is 8.96. The fourth-order valence-corrected chi connectivity index (χ4v) is 3.21. The summed E-state index contributed by atoms with van der Waals surface area (Å²) in [5, 5.41) is 11.5. The van der Waals surface area contributed by atoms with Crippen LogP contribution in [0.3, 0.4) is 0 Å². The molecule has 2 aliphatic rings. The number of benzene rings is 1. The Hall–Kier alpha value is -1.29. The molecule has 28 heavy (non-hydrogen) atoms. The second-order valence-electron chi connectivity index (χ2n) is 6.06. The van der Waals surface area contributed by atoms with Crippen LogP contribution in [-0.4, -0.2) is 54.1 Å². The Morgan fingerprint density at radius 2 is 2.00 bits per heavy atom. The number of azide groups is 1. The lowest BCUT2D eigenvalue weighted by molar-refractivity contribution is -0.335. The molecule has 9 nitrogen and oxygen atoms in total. The first-order valence-corrected chi connectivity index (χ1v) is 9.35. The van der Waals surface area contributed by atoms with Crippen LogP contribution in [0, 0.1) is 5.41 Å². The van der Waals surface area contributed by atoms with Gasteiger partial charge < -0.3 is 23.7 Å². The van der Waals surface area contributed by atoms with Gasteiger partial charge in [-0.25, -0.2) is 0 Å². The van der Waals surface area contributed by atoms with Crippen molar-refractivity contribution in [1.29, 1.82) is 5.41 Å². The molecule has 0 saturated carbocycles. The largest absolute Gasteiger partial charge is 0.448 e. The maximum absolute atomic E-state index is 8.96. The second-order valence-corrected chi connectivity index (χ2v) is 8.34. The van der Waals surface area contributed by atoms with Gasteiger partial charge in [0.25, 0.3) is 3.79 Å². The number of fused-ring (bicyclic) bond motifs is 1. The number of alkyl halides is 3. The summed E-state index contributed by atoms with van der Waals surface area (Å²) in [4.78, 5) is 2.82. The van der Waals surface area contributed by atoms with Crippen molar-refractivity contribution in [3.05, 3.63) is 46.3 Å². The fourth-order valence-electron chi connectivity index (χ4n) is 3.07. The van der Waals surface area contributed by atoms with E-state index in [9.17, 15) is 0 Å². The van der Waals surface area contributed by atoms with Gasteiger partial charge in [-0.3, -0.25) is 5.41 Å². The van der Waals surface area contributed by atoms with Crippen molar-refractivity contribution >= 4 is 40.7 Å². The summed E-state index contributed by atoms with van der Waals surface area (Å²) in [6, 6.07) is 8.38. The molecule has 0 radical (unpaired) electrons. The van der Waals surface area contributed by atoms with E-state index >= 15 is 0 Å². The number of halogens is 3. The van der Waals surface area contributed by atoms with Gasteiger partial charge in [0.05, 0.1) is 6.61 Å². The molecule has 0 spiro atoms. The van der Waals surface area contributed by atoms with E-state index in [0.717, 1.165) is 5.56 Å². The standard InChI is InChI=1S/C16H17Cl3N4O5/c1-24-12-10(22-23-21)14(28-15(20)16(17,18)19)26-9-7-25-13(27-11(9)12)8-5-3-2-4-6-8/h2-6,9-14,20H,7H2,1H3/t9-,10-,11+,12-,13?,14+/m1/s1. The first-order chi connectivity index (χ1) is 13.3. The number of nitrogens with zero attached hydrogens (tertiary/aromatic N) is 3. The van der Waals surface area contributed by atoms with Crippen LogP contribution in [0.15, 0.2) is 35.4 Å². The molecule has 3 rings (SSSR count). The zero-order chi connectivity index (χ0) is 20.3. The van der Waals surface area contributed by atoms with Crippen LogP contribution in [0.25, 0.3) is 10.4 Å².